The van der Waals surface area contributed by atoms with Gasteiger partial charge in [0.25, 0.3) is 0 Å². The molecule has 1 aliphatic carbocycles. The molecule has 2 nitrogen and oxygen atoms in total. The molecule has 0 N–H and O–H groups in total. The summed E-state index contributed by atoms with van der Waals surface area (Å²) in [5, 5.41) is 0. The molecule has 3 rings (SSSR count). The Balaban J connectivity index is 1.61. The first-order valence-corrected chi connectivity index (χ1v) is 6.43. The molecule has 2 unspecified atom stereocenters. The summed E-state index contributed by atoms with van der Waals surface area (Å²) < 4.78 is 10.7. The average molecular weight is 230 g/mol. The number of hydrogen-bond donors (Lipinski definition) is 0. The summed E-state index contributed by atoms with van der Waals surface area (Å²) in [6, 6.07) is 8.51. The van der Waals surface area contributed by atoms with E-state index in [2.05, 4.69) is 36.4 Å². The van der Waals surface area contributed by atoms with Crippen LogP contribution >= 0.6 is 0 Å². The van der Waals surface area contributed by atoms with Crippen LogP contribution in [0.2, 0.25) is 0 Å². The molecule has 1 heterocycles. The number of benzene rings is 1. The van der Waals surface area contributed by atoms with E-state index in [1.54, 1.807) is 0 Å². The lowest BCUT2D eigenvalue weighted by atomic mass is 9.89. The third-order valence-electron chi connectivity index (χ3n) is 3.40. The van der Waals surface area contributed by atoms with E-state index in [4.69, 9.17) is 9.47 Å². The summed E-state index contributed by atoms with van der Waals surface area (Å²) in [7, 11) is 0. The molecule has 0 saturated carbocycles. The van der Waals surface area contributed by atoms with Gasteiger partial charge in [-0.3, -0.25) is 0 Å². The number of epoxide rings is 1. The Morgan fingerprint density at radius 1 is 1.24 bits per heavy atom. The van der Waals surface area contributed by atoms with Gasteiger partial charge in [-0.25, -0.2) is 0 Å². The topological polar surface area (TPSA) is 21.8 Å². The van der Waals surface area contributed by atoms with E-state index in [-0.39, 0.29) is 0 Å². The normalized spacial score (nSPS) is 26.8. The minimum Gasteiger partial charge on any atom is -0.491 e. The van der Waals surface area contributed by atoms with Gasteiger partial charge in [0, 0.05) is 5.92 Å². The lowest BCUT2D eigenvalue weighted by molar-refractivity contribution is 0.263. The molecular formula is C15H18O2. The van der Waals surface area contributed by atoms with E-state index in [0.717, 1.165) is 12.4 Å². The summed E-state index contributed by atoms with van der Waals surface area (Å²) in [6.07, 6.45) is 8.76. The van der Waals surface area contributed by atoms with Crippen molar-refractivity contribution in [2.24, 2.45) is 0 Å². The molecule has 2 heteroatoms. The van der Waals surface area contributed by atoms with Crippen molar-refractivity contribution < 1.29 is 9.47 Å². The van der Waals surface area contributed by atoms with Crippen LogP contribution < -0.4 is 4.74 Å². The van der Waals surface area contributed by atoms with Gasteiger partial charge in [-0.15, -0.1) is 0 Å². The van der Waals surface area contributed by atoms with Crippen LogP contribution in [-0.2, 0) is 4.74 Å². The first-order chi connectivity index (χ1) is 8.42. The molecule has 2 aliphatic rings. The quantitative estimate of drug-likeness (QED) is 0.585. The van der Waals surface area contributed by atoms with Gasteiger partial charge in [0.2, 0.25) is 0 Å². The second kappa shape index (κ2) is 4.92. The minimum absolute atomic E-state index is 0.330. The lowest BCUT2D eigenvalue weighted by Gasteiger charge is -2.17. The SMILES string of the molecule is C1=CC(c2ccc(OCC3CO3)cc2)CCC1. The Hall–Kier alpha value is -1.28. The predicted octanol–water partition coefficient (Wildman–Crippen LogP) is 3.29. The van der Waals surface area contributed by atoms with Crippen LogP contribution in [-0.4, -0.2) is 19.3 Å². The molecule has 0 radical (unpaired) electrons. The highest BCUT2D eigenvalue weighted by Crippen LogP contribution is 2.28. The third-order valence-corrected chi connectivity index (χ3v) is 3.40. The number of ether oxygens (including phenoxy) is 2. The van der Waals surface area contributed by atoms with E-state index in [1.807, 2.05) is 0 Å². The van der Waals surface area contributed by atoms with Crippen molar-refractivity contribution in [3.8, 4) is 5.75 Å². The first kappa shape index (κ1) is 10.8. The molecule has 0 aromatic heterocycles. The highest BCUT2D eigenvalue weighted by atomic mass is 16.6. The van der Waals surface area contributed by atoms with Crippen molar-refractivity contribution in [1.29, 1.82) is 0 Å². The second-order valence-corrected chi connectivity index (χ2v) is 4.80. The Bertz CT molecular complexity index is 390. The maximum atomic E-state index is 5.63. The standard InChI is InChI=1S/C15H18O2/c1-2-4-12(5-3-1)13-6-8-14(9-7-13)16-10-15-11-17-15/h2,4,6-9,12,15H,1,3,5,10-11H2. The van der Waals surface area contributed by atoms with Gasteiger partial charge < -0.3 is 9.47 Å². The summed E-state index contributed by atoms with van der Waals surface area (Å²) in [6.45, 7) is 1.54. The fraction of sp³-hybridized carbons (Fsp3) is 0.467. The average Bonchev–Trinajstić information content (AvgIpc) is 3.22. The van der Waals surface area contributed by atoms with Gasteiger partial charge in [-0.1, -0.05) is 24.3 Å². The van der Waals surface area contributed by atoms with Crippen molar-refractivity contribution in [2.75, 3.05) is 13.2 Å². The van der Waals surface area contributed by atoms with Crippen LogP contribution in [0.1, 0.15) is 30.7 Å². The Labute approximate surface area is 102 Å². The minimum atomic E-state index is 0.330. The Kier molecular flexibility index (Phi) is 3.14. The van der Waals surface area contributed by atoms with Crippen LogP contribution in [0.4, 0.5) is 0 Å². The van der Waals surface area contributed by atoms with Crippen molar-refractivity contribution >= 4 is 0 Å². The highest BCUT2D eigenvalue weighted by Gasteiger charge is 2.23. The molecular weight excluding hydrogens is 212 g/mol. The first-order valence-electron chi connectivity index (χ1n) is 6.43. The molecule has 1 aliphatic heterocycles. The van der Waals surface area contributed by atoms with E-state index in [1.165, 1.54) is 24.8 Å². The van der Waals surface area contributed by atoms with Gasteiger partial charge in [0.05, 0.1) is 6.61 Å². The molecule has 0 amide bonds. The monoisotopic (exact) mass is 230 g/mol. The van der Waals surface area contributed by atoms with Crippen LogP contribution in [0.5, 0.6) is 5.75 Å². The summed E-state index contributed by atoms with van der Waals surface area (Å²) in [5.74, 6) is 1.55. The lowest BCUT2D eigenvalue weighted by Crippen LogP contribution is -2.04. The molecule has 1 aromatic rings. The smallest absolute Gasteiger partial charge is 0.119 e. The zero-order valence-corrected chi connectivity index (χ0v) is 9.97. The fourth-order valence-corrected chi connectivity index (χ4v) is 2.25. The second-order valence-electron chi connectivity index (χ2n) is 4.80. The van der Waals surface area contributed by atoms with E-state index in [9.17, 15) is 0 Å². The predicted molar refractivity (Wildman–Crippen MR) is 67.4 cm³/mol. The number of allylic oxidation sites excluding steroid dienone is 2. The van der Waals surface area contributed by atoms with E-state index >= 15 is 0 Å². The van der Waals surface area contributed by atoms with Crippen LogP contribution in [0.3, 0.4) is 0 Å². The zero-order valence-electron chi connectivity index (χ0n) is 9.97. The molecule has 1 aromatic carbocycles. The Morgan fingerprint density at radius 3 is 2.71 bits per heavy atom. The summed E-state index contributed by atoms with van der Waals surface area (Å²) in [5.41, 5.74) is 1.40. The van der Waals surface area contributed by atoms with Gasteiger partial charge in [0.15, 0.2) is 0 Å². The molecule has 1 saturated heterocycles. The molecule has 0 bridgehead atoms. The largest absolute Gasteiger partial charge is 0.491 e. The van der Waals surface area contributed by atoms with Crippen molar-refractivity contribution in [1.82, 2.24) is 0 Å². The number of hydrogen-bond acceptors (Lipinski definition) is 2. The van der Waals surface area contributed by atoms with Crippen molar-refractivity contribution in [3.05, 3.63) is 42.0 Å². The van der Waals surface area contributed by atoms with E-state index in [0.29, 0.717) is 18.6 Å². The van der Waals surface area contributed by atoms with Crippen molar-refractivity contribution in [2.45, 2.75) is 31.3 Å². The molecule has 2 atom stereocenters. The van der Waals surface area contributed by atoms with Gasteiger partial charge in [-0.2, -0.15) is 0 Å². The van der Waals surface area contributed by atoms with E-state index < -0.39 is 0 Å². The zero-order chi connectivity index (χ0) is 11.5. The third kappa shape index (κ3) is 2.89. The van der Waals surface area contributed by atoms with Crippen LogP contribution in [0.25, 0.3) is 0 Å². The Morgan fingerprint density at radius 2 is 2.06 bits per heavy atom. The maximum Gasteiger partial charge on any atom is 0.119 e. The van der Waals surface area contributed by atoms with Gasteiger partial charge in [-0.05, 0) is 37.0 Å². The summed E-state index contributed by atoms with van der Waals surface area (Å²) in [4.78, 5) is 0. The van der Waals surface area contributed by atoms with Crippen LogP contribution in [0, 0.1) is 0 Å². The van der Waals surface area contributed by atoms with Crippen LogP contribution in [0.15, 0.2) is 36.4 Å². The highest BCUT2D eigenvalue weighted by molar-refractivity contribution is 5.32. The van der Waals surface area contributed by atoms with Crippen molar-refractivity contribution in [3.63, 3.8) is 0 Å². The van der Waals surface area contributed by atoms with Gasteiger partial charge >= 0.3 is 0 Å². The number of rotatable bonds is 4. The maximum absolute atomic E-state index is 5.63. The fourth-order valence-electron chi connectivity index (χ4n) is 2.25. The molecule has 17 heavy (non-hydrogen) atoms. The summed E-state index contributed by atoms with van der Waals surface area (Å²) >= 11 is 0. The van der Waals surface area contributed by atoms with Gasteiger partial charge in [0.1, 0.15) is 18.5 Å². The molecule has 1 fully saturated rings. The molecule has 90 valence electrons. The molecule has 0 spiro atoms.